The van der Waals surface area contributed by atoms with Crippen LogP contribution in [0.3, 0.4) is 0 Å². The smallest absolute Gasteiger partial charge is 0.273 e. The summed E-state index contributed by atoms with van der Waals surface area (Å²) in [6, 6.07) is 4.15. The van der Waals surface area contributed by atoms with Gasteiger partial charge in [-0.3, -0.25) is 10.1 Å². The normalized spacial score (nSPS) is 13.1. The lowest BCUT2D eigenvalue weighted by molar-refractivity contribution is -0.385. The molecular weight excluding hydrogens is 294 g/mol. The molecule has 0 radical (unpaired) electrons. The summed E-state index contributed by atoms with van der Waals surface area (Å²) >= 11 is 0. The van der Waals surface area contributed by atoms with Crippen LogP contribution < -0.4 is 10.0 Å². The molecule has 1 aromatic carbocycles. The lowest BCUT2D eigenvalue weighted by atomic mass is 10.0. The van der Waals surface area contributed by atoms with Crippen LogP contribution in [0.25, 0.3) is 0 Å². The van der Waals surface area contributed by atoms with Gasteiger partial charge in [0, 0.05) is 17.7 Å². The Hall–Kier alpha value is -1.51. The number of nitrogens with one attached hydrogen (secondary N) is 2. The first-order chi connectivity index (χ1) is 9.85. The predicted octanol–water partition coefficient (Wildman–Crippen LogP) is 1.43. The summed E-state index contributed by atoms with van der Waals surface area (Å²) in [7, 11) is -2.41. The fourth-order valence-corrected chi connectivity index (χ4v) is 2.84. The third kappa shape index (κ3) is 4.48. The molecule has 21 heavy (non-hydrogen) atoms. The summed E-state index contributed by atoms with van der Waals surface area (Å²) in [5.41, 5.74) is 0.366. The van der Waals surface area contributed by atoms with Crippen molar-refractivity contribution < 1.29 is 13.3 Å². The molecule has 0 aliphatic rings. The molecule has 2 N–H and O–H groups in total. The first-order valence-electron chi connectivity index (χ1n) is 6.79. The predicted molar refractivity (Wildman–Crippen MR) is 80.8 cm³/mol. The van der Waals surface area contributed by atoms with Crippen molar-refractivity contribution in [1.82, 2.24) is 10.0 Å². The zero-order chi connectivity index (χ0) is 16.0. The lowest BCUT2D eigenvalue weighted by Gasteiger charge is -2.16. The molecule has 1 unspecified atom stereocenters. The minimum atomic E-state index is -3.69. The Morgan fingerprint density at radius 2 is 2.00 bits per heavy atom. The van der Waals surface area contributed by atoms with E-state index in [-0.39, 0.29) is 16.6 Å². The molecule has 1 atom stereocenters. The van der Waals surface area contributed by atoms with Crippen molar-refractivity contribution in [3.63, 3.8) is 0 Å². The number of sulfonamides is 1. The first kappa shape index (κ1) is 17.5. The van der Waals surface area contributed by atoms with Gasteiger partial charge < -0.3 is 5.32 Å². The van der Waals surface area contributed by atoms with Crippen LogP contribution in [0.5, 0.6) is 0 Å². The third-order valence-electron chi connectivity index (χ3n) is 3.28. The molecule has 8 heteroatoms. The molecule has 0 amide bonds. The van der Waals surface area contributed by atoms with Crippen LogP contribution in [-0.2, 0) is 16.4 Å². The molecule has 0 saturated carbocycles. The molecule has 1 rings (SSSR count). The molecule has 0 spiro atoms. The van der Waals surface area contributed by atoms with E-state index in [0.717, 1.165) is 19.0 Å². The van der Waals surface area contributed by atoms with E-state index in [1.54, 1.807) is 0 Å². The van der Waals surface area contributed by atoms with E-state index >= 15 is 0 Å². The maximum Gasteiger partial charge on any atom is 0.273 e. The Balaban J connectivity index is 3.20. The molecular formula is C13H21N3O4S. The summed E-state index contributed by atoms with van der Waals surface area (Å²) in [6.07, 6.45) is 1.32. The fraction of sp³-hybridized carbons (Fsp3) is 0.538. The van der Waals surface area contributed by atoms with Gasteiger partial charge in [-0.05, 0) is 32.5 Å². The second-order valence-corrected chi connectivity index (χ2v) is 6.51. The average molecular weight is 315 g/mol. The van der Waals surface area contributed by atoms with Crippen LogP contribution in [0, 0.1) is 10.1 Å². The Bertz CT molecular complexity index is 601. The van der Waals surface area contributed by atoms with Crippen LogP contribution in [0.1, 0.15) is 25.8 Å². The van der Waals surface area contributed by atoms with Gasteiger partial charge in [-0.1, -0.05) is 19.9 Å². The molecule has 0 saturated heterocycles. The number of likely N-dealkylation sites (N-methyl/N-ethyl adjacent to an activating group) is 1. The van der Waals surface area contributed by atoms with Crippen molar-refractivity contribution >= 4 is 15.7 Å². The highest BCUT2D eigenvalue weighted by Gasteiger charge is 2.21. The third-order valence-corrected chi connectivity index (χ3v) is 4.70. The van der Waals surface area contributed by atoms with E-state index in [0.29, 0.717) is 12.0 Å². The van der Waals surface area contributed by atoms with Gasteiger partial charge in [-0.2, -0.15) is 0 Å². The summed E-state index contributed by atoms with van der Waals surface area (Å²) < 4.78 is 25.6. The quantitative estimate of drug-likeness (QED) is 0.558. The second-order valence-electron chi connectivity index (χ2n) is 4.62. The number of benzene rings is 1. The largest absolute Gasteiger partial charge is 0.314 e. The molecule has 7 nitrogen and oxygen atoms in total. The number of hydrogen-bond donors (Lipinski definition) is 2. The molecule has 0 aliphatic heterocycles. The topological polar surface area (TPSA) is 101 Å². The maximum atomic E-state index is 11.7. The van der Waals surface area contributed by atoms with Gasteiger partial charge in [0.1, 0.15) is 0 Å². The number of nitro groups is 1. The van der Waals surface area contributed by atoms with Crippen LogP contribution in [-0.4, -0.2) is 33.0 Å². The molecule has 0 aliphatic carbocycles. The molecule has 0 fully saturated rings. The van der Waals surface area contributed by atoms with Crippen molar-refractivity contribution in [2.24, 2.45) is 0 Å². The second kappa shape index (κ2) is 7.48. The number of nitrogens with zero attached hydrogens (tertiary/aromatic N) is 1. The van der Waals surface area contributed by atoms with Gasteiger partial charge in [0.2, 0.25) is 10.0 Å². The van der Waals surface area contributed by atoms with E-state index in [4.69, 9.17) is 0 Å². The van der Waals surface area contributed by atoms with Crippen LogP contribution in [0.2, 0.25) is 0 Å². The minimum absolute atomic E-state index is 0.100. The molecule has 0 heterocycles. The van der Waals surface area contributed by atoms with Crippen LogP contribution >= 0.6 is 0 Å². The Kier molecular flexibility index (Phi) is 6.25. The Labute approximate surface area is 124 Å². The summed E-state index contributed by atoms with van der Waals surface area (Å²) in [4.78, 5) is 10.5. The van der Waals surface area contributed by atoms with Gasteiger partial charge in [-0.25, -0.2) is 13.1 Å². The van der Waals surface area contributed by atoms with E-state index in [1.165, 1.54) is 19.2 Å². The number of nitro benzene ring substituents is 1. The van der Waals surface area contributed by atoms with Crippen LogP contribution in [0.15, 0.2) is 23.1 Å². The van der Waals surface area contributed by atoms with Crippen LogP contribution in [0.4, 0.5) is 5.69 Å². The molecule has 118 valence electrons. The fourth-order valence-electron chi connectivity index (χ4n) is 2.09. The van der Waals surface area contributed by atoms with Gasteiger partial charge in [0.15, 0.2) is 0 Å². The van der Waals surface area contributed by atoms with Crippen molar-refractivity contribution in [1.29, 1.82) is 0 Å². The zero-order valence-electron chi connectivity index (χ0n) is 12.4. The Morgan fingerprint density at radius 1 is 1.33 bits per heavy atom. The average Bonchev–Trinajstić information content (AvgIpc) is 2.46. The first-order valence-corrected chi connectivity index (χ1v) is 8.28. The molecule has 0 bridgehead atoms. The molecule has 1 aromatic rings. The highest BCUT2D eigenvalue weighted by atomic mass is 32.2. The Morgan fingerprint density at radius 3 is 2.48 bits per heavy atom. The summed E-state index contributed by atoms with van der Waals surface area (Å²) in [5, 5.41) is 14.4. The number of hydrogen-bond acceptors (Lipinski definition) is 5. The van der Waals surface area contributed by atoms with Gasteiger partial charge in [0.05, 0.1) is 9.82 Å². The highest BCUT2D eigenvalue weighted by Crippen LogP contribution is 2.24. The van der Waals surface area contributed by atoms with Crippen molar-refractivity contribution in [3.05, 3.63) is 33.9 Å². The molecule has 0 aromatic heterocycles. The number of rotatable bonds is 8. The summed E-state index contributed by atoms with van der Waals surface area (Å²) in [5.74, 6) is 0. The minimum Gasteiger partial charge on any atom is -0.314 e. The maximum absolute atomic E-state index is 11.7. The highest BCUT2D eigenvalue weighted by molar-refractivity contribution is 7.89. The van der Waals surface area contributed by atoms with E-state index in [9.17, 15) is 18.5 Å². The van der Waals surface area contributed by atoms with E-state index in [2.05, 4.69) is 10.0 Å². The van der Waals surface area contributed by atoms with Crippen molar-refractivity contribution in [2.45, 2.75) is 37.6 Å². The monoisotopic (exact) mass is 315 g/mol. The SMILES string of the molecule is CCNC(CC)Cc1ccc(S(=O)(=O)NC)cc1[N+](=O)[O-]. The standard InChI is InChI=1S/C13H21N3O4S/c1-4-11(15-5-2)8-10-6-7-12(21(19,20)14-3)9-13(10)16(17)18/h6-7,9,11,14-15H,4-5,8H2,1-3H3. The van der Waals surface area contributed by atoms with Gasteiger partial charge in [-0.15, -0.1) is 0 Å². The zero-order valence-corrected chi connectivity index (χ0v) is 13.2. The van der Waals surface area contributed by atoms with Crippen molar-refractivity contribution in [2.75, 3.05) is 13.6 Å². The summed E-state index contributed by atoms with van der Waals surface area (Å²) in [6.45, 7) is 4.75. The van der Waals surface area contributed by atoms with Gasteiger partial charge in [0.25, 0.3) is 5.69 Å². The van der Waals surface area contributed by atoms with E-state index in [1.807, 2.05) is 13.8 Å². The lowest BCUT2D eigenvalue weighted by Crippen LogP contribution is -2.30. The van der Waals surface area contributed by atoms with Crippen molar-refractivity contribution in [3.8, 4) is 0 Å². The van der Waals surface area contributed by atoms with E-state index < -0.39 is 14.9 Å². The van der Waals surface area contributed by atoms with Gasteiger partial charge >= 0.3 is 0 Å².